The molecule has 0 radical (unpaired) electrons. The molecule has 3 aromatic carbocycles. The smallest absolute Gasteiger partial charge is 0.261 e. The van der Waals surface area contributed by atoms with Gasteiger partial charge < -0.3 is 4.43 Å². The van der Waals surface area contributed by atoms with Gasteiger partial charge in [0.25, 0.3) is 8.32 Å². The van der Waals surface area contributed by atoms with Crippen molar-refractivity contribution in [2.24, 2.45) is 0 Å². The zero-order valence-electron chi connectivity index (χ0n) is 19.3. The minimum atomic E-state index is -2.55. The van der Waals surface area contributed by atoms with Crippen LogP contribution in [0.5, 0.6) is 0 Å². The van der Waals surface area contributed by atoms with E-state index < -0.39 is 8.32 Å². The number of hydrogen-bond donors (Lipinski definition) is 0. The first-order chi connectivity index (χ1) is 14.9. The molecule has 3 rings (SSSR count). The van der Waals surface area contributed by atoms with E-state index in [9.17, 15) is 0 Å². The van der Waals surface area contributed by atoms with Crippen molar-refractivity contribution >= 4 is 30.3 Å². The predicted octanol–water partition coefficient (Wildman–Crippen LogP) is 7.15. The molecule has 0 aliphatic carbocycles. The van der Waals surface area contributed by atoms with E-state index in [1.807, 2.05) is 0 Å². The molecule has 0 fully saturated rings. The number of benzene rings is 3. The highest BCUT2D eigenvalue weighted by Gasteiger charge is 2.50. The van der Waals surface area contributed by atoms with Gasteiger partial charge in [0.2, 0.25) is 0 Å². The summed E-state index contributed by atoms with van der Waals surface area (Å²) < 4.78 is 7.03. The minimum Gasteiger partial charge on any atom is -0.403 e. The van der Waals surface area contributed by atoms with Gasteiger partial charge in [-0.1, -0.05) is 125 Å². The maximum atomic E-state index is 7.03. The fourth-order valence-corrected chi connectivity index (χ4v) is 9.18. The van der Waals surface area contributed by atoms with Gasteiger partial charge in [-0.25, -0.2) is 0 Å². The van der Waals surface area contributed by atoms with E-state index in [4.69, 9.17) is 16.0 Å². The van der Waals surface area contributed by atoms with Crippen LogP contribution in [0.15, 0.2) is 78.9 Å². The Balaban J connectivity index is 1.95. The first-order valence-corrected chi connectivity index (χ1v) is 13.7. The summed E-state index contributed by atoms with van der Waals surface area (Å²) in [6.45, 7) is 9.66. The van der Waals surface area contributed by atoms with Crippen molar-refractivity contribution < 1.29 is 4.43 Å². The van der Waals surface area contributed by atoms with Crippen LogP contribution < -0.4 is 10.4 Å². The third-order valence-electron chi connectivity index (χ3n) is 6.05. The molecule has 164 valence electrons. The molecule has 0 spiro atoms. The van der Waals surface area contributed by atoms with Crippen molar-refractivity contribution in [2.45, 2.75) is 65.0 Å². The molecule has 1 nitrogen and oxygen atoms in total. The molecule has 0 amide bonds. The van der Waals surface area contributed by atoms with Crippen molar-refractivity contribution in [3.8, 4) is 0 Å². The van der Waals surface area contributed by atoms with Crippen LogP contribution in [0.4, 0.5) is 0 Å². The first kappa shape index (κ1) is 23.8. The SMILES string of the molecule is CCCCCc1ccc(CO[Si](c2ccccc2)(c2ccccc2)C(C)(C)C)c(Cl)c1. The molecule has 0 heterocycles. The van der Waals surface area contributed by atoms with Crippen LogP contribution in [0.3, 0.4) is 0 Å². The molecular formula is C28H35ClOSi. The maximum Gasteiger partial charge on any atom is 0.261 e. The zero-order valence-corrected chi connectivity index (χ0v) is 21.1. The highest BCUT2D eigenvalue weighted by Crippen LogP contribution is 2.37. The standard InChI is InChI=1S/C28H35ClOSi/c1-5-6-9-14-23-19-20-24(27(29)21-23)22-30-31(28(2,3)4,25-15-10-7-11-16-25)26-17-12-8-13-18-26/h7-8,10-13,15-21H,5-6,9,14,22H2,1-4H3. The monoisotopic (exact) mass is 450 g/mol. The summed E-state index contributed by atoms with van der Waals surface area (Å²) in [5.74, 6) is 0. The van der Waals surface area contributed by atoms with Crippen molar-refractivity contribution in [1.29, 1.82) is 0 Å². The number of rotatable bonds is 9. The molecule has 0 unspecified atom stereocenters. The van der Waals surface area contributed by atoms with Crippen LogP contribution in [0.2, 0.25) is 10.1 Å². The van der Waals surface area contributed by atoms with E-state index in [0.29, 0.717) is 6.61 Å². The lowest BCUT2D eigenvalue weighted by Gasteiger charge is -2.43. The fourth-order valence-electron chi connectivity index (χ4n) is 4.39. The number of unbranched alkanes of at least 4 members (excludes halogenated alkanes) is 2. The summed E-state index contributed by atoms with van der Waals surface area (Å²) in [4.78, 5) is 0. The predicted molar refractivity (Wildman–Crippen MR) is 137 cm³/mol. The summed E-state index contributed by atoms with van der Waals surface area (Å²) in [6, 6.07) is 28.0. The molecule has 3 aromatic rings. The van der Waals surface area contributed by atoms with Crippen molar-refractivity contribution in [3.05, 3.63) is 95.0 Å². The number of halogens is 1. The largest absolute Gasteiger partial charge is 0.403 e. The van der Waals surface area contributed by atoms with E-state index in [2.05, 4.69) is 107 Å². The average molecular weight is 451 g/mol. The Morgan fingerprint density at radius 1 is 0.806 bits per heavy atom. The zero-order chi connectivity index (χ0) is 22.3. The second kappa shape index (κ2) is 10.6. The van der Waals surface area contributed by atoms with Gasteiger partial charge in [0, 0.05) is 5.02 Å². The van der Waals surface area contributed by atoms with E-state index >= 15 is 0 Å². The van der Waals surface area contributed by atoms with Crippen LogP contribution in [0.25, 0.3) is 0 Å². The second-order valence-corrected chi connectivity index (χ2v) is 14.0. The third kappa shape index (κ3) is 5.49. The lowest BCUT2D eigenvalue weighted by molar-refractivity contribution is 0.286. The van der Waals surface area contributed by atoms with Crippen LogP contribution in [-0.2, 0) is 17.5 Å². The van der Waals surface area contributed by atoms with E-state index in [-0.39, 0.29) is 5.04 Å². The Morgan fingerprint density at radius 3 is 1.87 bits per heavy atom. The van der Waals surface area contributed by atoms with E-state index in [1.54, 1.807) is 0 Å². The van der Waals surface area contributed by atoms with Crippen molar-refractivity contribution in [1.82, 2.24) is 0 Å². The molecule has 0 saturated carbocycles. The van der Waals surface area contributed by atoms with Gasteiger partial charge in [-0.3, -0.25) is 0 Å². The molecule has 31 heavy (non-hydrogen) atoms. The van der Waals surface area contributed by atoms with Crippen LogP contribution in [0, 0.1) is 0 Å². The Hall–Kier alpha value is -1.87. The van der Waals surface area contributed by atoms with Gasteiger partial charge >= 0.3 is 0 Å². The fraction of sp³-hybridized carbons (Fsp3) is 0.357. The van der Waals surface area contributed by atoms with Gasteiger partial charge in [0.05, 0.1) is 6.61 Å². The molecular weight excluding hydrogens is 416 g/mol. The molecule has 3 heteroatoms. The highest BCUT2D eigenvalue weighted by atomic mass is 35.5. The minimum absolute atomic E-state index is 0.0394. The van der Waals surface area contributed by atoms with Gasteiger partial charge in [-0.2, -0.15) is 0 Å². The van der Waals surface area contributed by atoms with Gasteiger partial charge in [0.1, 0.15) is 0 Å². The Labute approximate surface area is 194 Å². The number of hydrogen-bond acceptors (Lipinski definition) is 1. The normalized spacial score (nSPS) is 12.2. The lowest BCUT2D eigenvalue weighted by Crippen LogP contribution is -2.66. The lowest BCUT2D eigenvalue weighted by atomic mass is 10.1. The Kier molecular flexibility index (Phi) is 8.15. The van der Waals surface area contributed by atoms with E-state index in [0.717, 1.165) is 17.0 Å². The first-order valence-electron chi connectivity index (χ1n) is 11.4. The summed E-state index contributed by atoms with van der Waals surface area (Å²) in [7, 11) is -2.55. The van der Waals surface area contributed by atoms with Gasteiger partial charge in [0.15, 0.2) is 0 Å². The highest BCUT2D eigenvalue weighted by molar-refractivity contribution is 6.99. The molecule has 0 aliphatic heterocycles. The van der Waals surface area contributed by atoms with Crippen LogP contribution in [-0.4, -0.2) is 8.32 Å². The molecule has 0 N–H and O–H groups in total. The summed E-state index contributed by atoms with van der Waals surface area (Å²) in [5, 5.41) is 3.36. The summed E-state index contributed by atoms with van der Waals surface area (Å²) >= 11 is 6.71. The second-order valence-electron chi connectivity index (χ2n) is 9.33. The quantitative estimate of drug-likeness (QED) is 0.248. The Morgan fingerprint density at radius 2 is 1.39 bits per heavy atom. The summed E-state index contributed by atoms with van der Waals surface area (Å²) in [5.41, 5.74) is 2.38. The average Bonchev–Trinajstić information content (AvgIpc) is 2.76. The van der Waals surface area contributed by atoms with Gasteiger partial charge in [-0.15, -0.1) is 0 Å². The van der Waals surface area contributed by atoms with Crippen LogP contribution in [0.1, 0.15) is 58.1 Å². The number of aryl methyl sites for hydroxylation is 1. The van der Waals surface area contributed by atoms with E-state index in [1.165, 1.54) is 35.2 Å². The van der Waals surface area contributed by atoms with Crippen molar-refractivity contribution in [2.75, 3.05) is 0 Å². The van der Waals surface area contributed by atoms with Crippen molar-refractivity contribution in [3.63, 3.8) is 0 Å². The topological polar surface area (TPSA) is 9.23 Å². The third-order valence-corrected chi connectivity index (χ3v) is 11.4. The molecule has 0 aromatic heterocycles. The molecule has 0 saturated heterocycles. The van der Waals surface area contributed by atoms with Gasteiger partial charge in [-0.05, 0) is 45.4 Å². The molecule has 0 bridgehead atoms. The summed E-state index contributed by atoms with van der Waals surface area (Å²) in [6.07, 6.45) is 4.79. The molecule has 0 aliphatic rings. The van der Waals surface area contributed by atoms with Crippen LogP contribution >= 0.6 is 11.6 Å². The molecule has 0 atom stereocenters. The Bertz CT molecular complexity index is 908. The maximum absolute atomic E-state index is 7.03.